The summed E-state index contributed by atoms with van der Waals surface area (Å²) in [4.78, 5) is 10.4. The zero-order chi connectivity index (χ0) is 11.6. The highest BCUT2D eigenvalue weighted by atomic mass is 32.1. The van der Waals surface area contributed by atoms with Crippen LogP contribution in [0.5, 0.6) is 0 Å². The van der Waals surface area contributed by atoms with Crippen LogP contribution >= 0.6 is 12.2 Å². The minimum absolute atomic E-state index is 0.000000000000000222. The normalized spacial score (nSPS) is 7.79. The fraction of sp³-hybridized carbons (Fsp3) is 0.333. The third kappa shape index (κ3) is 22.4. The number of esters is 1. The van der Waals surface area contributed by atoms with Crippen molar-refractivity contribution in [2.75, 3.05) is 6.61 Å². The second kappa shape index (κ2) is 9.73. The van der Waals surface area contributed by atoms with E-state index in [1.54, 1.807) is 0 Å². The Balaban J connectivity index is 0. The molecule has 0 saturated carbocycles. The van der Waals surface area contributed by atoms with E-state index in [9.17, 15) is 4.79 Å². The first-order valence-electron chi connectivity index (χ1n) is 3.88. The molecular formula is C9H16N2O2S. The summed E-state index contributed by atoms with van der Waals surface area (Å²) in [7, 11) is 0. The van der Waals surface area contributed by atoms with Crippen molar-refractivity contribution in [1.82, 2.24) is 0 Å². The van der Waals surface area contributed by atoms with E-state index in [0.29, 0.717) is 6.61 Å². The first kappa shape index (κ1) is 15.1. The monoisotopic (exact) mass is 216 g/mol. The molecule has 0 aromatic rings. The van der Waals surface area contributed by atoms with Gasteiger partial charge in [0.15, 0.2) is 5.11 Å². The SMILES string of the molecule is C=CC(=O)OCCC(=C)C.NC(N)=S. The molecule has 0 aliphatic carbocycles. The minimum Gasteiger partial charge on any atom is -0.462 e. The summed E-state index contributed by atoms with van der Waals surface area (Å²) >= 11 is 4.09. The van der Waals surface area contributed by atoms with Gasteiger partial charge in [0.1, 0.15) is 0 Å². The van der Waals surface area contributed by atoms with Crippen LogP contribution in [0.2, 0.25) is 0 Å². The molecule has 5 heteroatoms. The lowest BCUT2D eigenvalue weighted by Gasteiger charge is -1.99. The van der Waals surface area contributed by atoms with Gasteiger partial charge in [0, 0.05) is 12.5 Å². The Kier molecular flexibility index (Phi) is 10.5. The maximum Gasteiger partial charge on any atom is 0.330 e. The van der Waals surface area contributed by atoms with Crippen molar-refractivity contribution in [3.05, 3.63) is 24.8 Å². The van der Waals surface area contributed by atoms with Crippen LogP contribution in [-0.4, -0.2) is 17.7 Å². The van der Waals surface area contributed by atoms with Gasteiger partial charge in [-0.05, 0) is 19.1 Å². The summed E-state index contributed by atoms with van der Waals surface area (Å²) in [5.41, 5.74) is 10.3. The number of carbonyl (C=O) groups is 1. The highest BCUT2D eigenvalue weighted by Gasteiger charge is 1.93. The molecule has 0 unspecified atom stereocenters. The van der Waals surface area contributed by atoms with Crippen molar-refractivity contribution in [3.8, 4) is 0 Å². The number of carbonyl (C=O) groups excluding carboxylic acids is 1. The van der Waals surface area contributed by atoms with Crippen molar-refractivity contribution >= 4 is 23.3 Å². The summed E-state index contributed by atoms with van der Waals surface area (Å²) in [5, 5.41) is 0.000000000000000222. The molecular weight excluding hydrogens is 200 g/mol. The second-order valence-electron chi connectivity index (χ2n) is 2.48. The van der Waals surface area contributed by atoms with E-state index in [2.05, 4.69) is 41.6 Å². The molecule has 0 aromatic carbocycles. The molecule has 80 valence electrons. The molecule has 4 nitrogen and oxygen atoms in total. The molecule has 4 N–H and O–H groups in total. The fourth-order valence-electron chi connectivity index (χ4n) is 0.385. The Hall–Kier alpha value is -1.36. The maximum absolute atomic E-state index is 10.4. The zero-order valence-corrected chi connectivity index (χ0v) is 9.10. The lowest BCUT2D eigenvalue weighted by atomic mass is 10.3. The van der Waals surface area contributed by atoms with Crippen LogP contribution in [0.25, 0.3) is 0 Å². The Labute approximate surface area is 89.6 Å². The van der Waals surface area contributed by atoms with E-state index >= 15 is 0 Å². The van der Waals surface area contributed by atoms with Gasteiger partial charge in [-0.2, -0.15) is 0 Å². The third-order valence-corrected chi connectivity index (χ3v) is 0.940. The average molecular weight is 216 g/mol. The van der Waals surface area contributed by atoms with Gasteiger partial charge in [0.25, 0.3) is 0 Å². The highest BCUT2D eigenvalue weighted by Crippen LogP contribution is 1.95. The lowest BCUT2D eigenvalue weighted by molar-refractivity contribution is -0.137. The van der Waals surface area contributed by atoms with E-state index in [4.69, 9.17) is 0 Å². The molecule has 0 aliphatic rings. The smallest absolute Gasteiger partial charge is 0.330 e. The second-order valence-corrected chi connectivity index (χ2v) is 2.95. The molecule has 0 saturated heterocycles. The Morgan fingerprint density at radius 3 is 2.29 bits per heavy atom. The average Bonchev–Trinajstić information content (AvgIpc) is 2.02. The summed E-state index contributed by atoms with van der Waals surface area (Å²) in [6.45, 7) is 9.22. The van der Waals surface area contributed by atoms with E-state index in [-0.39, 0.29) is 11.1 Å². The summed E-state index contributed by atoms with van der Waals surface area (Å²) in [6.07, 6.45) is 1.87. The van der Waals surface area contributed by atoms with Gasteiger partial charge in [-0.3, -0.25) is 0 Å². The first-order valence-corrected chi connectivity index (χ1v) is 4.29. The molecule has 0 bridgehead atoms. The number of thiocarbonyl (C=S) groups is 1. The van der Waals surface area contributed by atoms with E-state index < -0.39 is 0 Å². The number of ether oxygens (including phenoxy) is 1. The molecule has 0 spiro atoms. The largest absolute Gasteiger partial charge is 0.462 e. The first-order chi connectivity index (χ1) is 6.40. The van der Waals surface area contributed by atoms with Gasteiger partial charge in [-0.1, -0.05) is 12.2 Å². The van der Waals surface area contributed by atoms with Gasteiger partial charge in [-0.15, -0.1) is 6.58 Å². The minimum atomic E-state index is -0.374. The van der Waals surface area contributed by atoms with Gasteiger partial charge in [0.2, 0.25) is 0 Å². The predicted octanol–water partition coefficient (Wildman–Crippen LogP) is 0.871. The van der Waals surface area contributed by atoms with E-state index in [1.807, 2.05) is 6.92 Å². The van der Waals surface area contributed by atoms with Gasteiger partial charge in [0.05, 0.1) is 6.61 Å². The van der Waals surface area contributed by atoms with Crippen LogP contribution in [0.15, 0.2) is 24.8 Å². The summed E-state index contributed by atoms with van der Waals surface area (Å²) in [6, 6.07) is 0. The number of hydrogen-bond donors (Lipinski definition) is 2. The number of hydrogen-bond acceptors (Lipinski definition) is 3. The van der Waals surface area contributed by atoms with Crippen LogP contribution < -0.4 is 11.5 Å². The van der Waals surface area contributed by atoms with Gasteiger partial charge in [-0.25, -0.2) is 4.79 Å². The molecule has 0 aliphatic heterocycles. The van der Waals surface area contributed by atoms with Crippen molar-refractivity contribution in [2.45, 2.75) is 13.3 Å². The molecule has 0 radical (unpaired) electrons. The van der Waals surface area contributed by atoms with E-state index in [0.717, 1.165) is 18.1 Å². The van der Waals surface area contributed by atoms with Gasteiger partial charge < -0.3 is 16.2 Å². The molecule has 0 aromatic heterocycles. The van der Waals surface area contributed by atoms with Crippen LogP contribution in [0.4, 0.5) is 0 Å². The molecule has 14 heavy (non-hydrogen) atoms. The topological polar surface area (TPSA) is 78.3 Å². The van der Waals surface area contributed by atoms with Crippen LogP contribution in [0.3, 0.4) is 0 Å². The van der Waals surface area contributed by atoms with Crippen LogP contribution in [-0.2, 0) is 9.53 Å². The third-order valence-electron chi connectivity index (χ3n) is 0.940. The zero-order valence-electron chi connectivity index (χ0n) is 8.29. The Morgan fingerprint density at radius 2 is 2.00 bits per heavy atom. The van der Waals surface area contributed by atoms with Crippen LogP contribution in [0, 0.1) is 0 Å². The van der Waals surface area contributed by atoms with Crippen molar-refractivity contribution in [3.63, 3.8) is 0 Å². The van der Waals surface area contributed by atoms with E-state index in [1.165, 1.54) is 0 Å². The molecule has 0 atom stereocenters. The van der Waals surface area contributed by atoms with Crippen molar-refractivity contribution < 1.29 is 9.53 Å². The maximum atomic E-state index is 10.4. The molecule has 0 heterocycles. The number of rotatable bonds is 4. The molecule has 0 amide bonds. The van der Waals surface area contributed by atoms with Crippen molar-refractivity contribution in [1.29, 1.82) is 0 Å². The van der Waals surface area contributed by atoms with Gasteiger partial charge >= 0.3 is 5.97 Å². The predicted molar refractivity (Wildman–Crippen MR) is 61.6 cm³/mol. The number of nitrogens with two attached hydrogens (primary N) is 2. The quantitative estimate of drug-likeness (QED) is 0.315. The Bertz CT molecular complexity index is 223. The molecule has 0 fully saturated rings. The highest BCUT2D eigenvalue weighted by molar-refractivity contribution is 7.80. The lowest BCUT2D eigenvalue weighted by Crippen LogP contribution is -2.18. The summed E-state index contributed by atoms with van der Waals surface area (Å²) in [5.74, 6) is -0.374. The summed E-state index contributed by atoms with van der Waals surface area (Å²) < 4.78 is 4.68. The van der Waals surface area contributed by atoms with Crippen molar-refractivity contribution in [2.24, 2.45) is 11.5 Å². The molecule has 0 rings (SSSR count). The standard InChI is InChI=1S/C8H12O2.CH4N2S/c1-4-8(9)10-6-5-7(2)3;2-1(3)4/h4H,1-2,5-6H2,3H3;(H4,2,3,4). The Morgan fingerprint density at radius 1 is 1.57 bits per heavy atom. The van der Waals surface area contributed by atoms with Crippen LogP contribution in [0.1, 0.15) is 13.3 Å². The fourth-order valence-corrected chi connectivity index (χ4v) is 0.385.